The van der Waals surface area contributed by atoms with Crippen molar-refractivity contribution in [1.29, 1.82) is 0 Å². The van der Waals surface area contributed by atoms with E-state index in [1.54, 1.807) is 31.4 Å². The Morgan fingerprint density at radius 2 is 2.00 bits per heavy atom. The zero-order chi connectivity index (χ0) is 17.8. The SMILES string of the molecule is CCOc1cccc2sc(=NC(=O)c3cccc(OC)c3)n(CC)c12. The summed E-state index contributed by atoms with van der Waals surface area (Å²) in [6.07, 6.45) is 0. The van der Waals surface area contributed by atoms with Crippen LogP contribution in [0.2, 0.25) is 0 Å². The average Bonchev–Trinajstić information content (AvgIpc) is 3.00. The number of rotatable bonds is 5. The molecule has 0 fully saturated rings. The van der Waals surface area contributed by atoms with E-state index in [0.29, 0.717) is 29.3 Å². The minimum absolute atomic E-state index is 0.286. The number of hydrogen-bond donors (Lipinski definition) is 0. The van der Waals surface area contributed by atoms with Crippen LogP contribution < -0.4 is 14.3 Å². The summed E-state index contributed by atoms with van der Waals surface area (Å²) in [4.78, 5) is 17.6. The minimum Gasteiger partial charge on any atom is -0.497 e. The number of para-hydroxylation sites is 1. The number of nitrogens with zero attached hydrogens (tertiary/aromatic N) is 2. The molecular weight excluding hydrogens is 336 g/mol. The standard InChI is InChI=1S/C19H20N2O3S/c1-4-21-17-15(24-5-2)10-7-11-16(17)25-19(21)20-18(22)13-8-6-9-14(12-13)23-3/h6-12H,4-5H2,1-3H3. The maximum atomic E-state index is 12.6. The van der Waals surface area contributed by atoms with Crippen molar-refractivity contribution in [1.82, 2.24) is 4.57 Å². The third-order valence-electron chi connectivity index (χ3n) is 3.79. The van der Waals surface area contributed by atoms with Crippen molar-refractivity contribution < 1.29 is 14.3 Å². The fraction of sp³-hybridized carbons (Fsp3) is 0.263. The predicted molar refractivity (Wildman–Crippen MR) is 99.5 cm³/mol. The van der Waals surface area contributed by atoms with Gasteiger partial charge in [0.15, 0.2) is 4.80 Å². The molecule has 6 heteroatoms. The van der Waals surface area contributed by atoms with Gasteiger partial charge in [-0.05, 0) is 44.2 Å². The summed E-state index contributed by atoms with van der Waals surface area (Å²) >= 11 is 1.49. The number of carbonyl (C=O) groups excluding carboxylic acids is 1. The van der Waals surface area contributed by atoms with E-state index in [9.17, 15) is 4.79 Å². The fourth-order valence-corrected chi connectivity index (χ4v) is 3.77. The largest absolute Gasteiger partial charge is 0.497 e. The molecule has 0 aliphatic heterocycles. The maximum absolute atomic E-state index is 12.6. The zero-order valence-corrected chi connectivity index (χ0v) is 15.3. The lowest BCUT2D eigenvalue weighted by Gasteiger charge is -2.07. The molecule has 0 aliphatic rings. The molecule has 0 bridgehead atoms. The van der Waals surface area contributed by atoms with Gasteiger partial charge in [-0.3, -0.25) is 4.79 Å². The molecule has 1 amide bonds. The quantitative estimate of drug-likeness (QED) is 0.697. The Labute approximate surface area is 150 Å². The number of ether oxygens (including phenoxy) is 2. The first-order valence-corrected chi connectivity index (χ1v) is 8.97. The Hall–Kier alpha value is -2.60. The van der Waals surface area contributed by atoms with Gasteiger partial charge in [-0.1, -0.05) is 23.5 Å². The number of benzene rings is 2. The molecule has 25 heavy (non-hydrogen) atoms. The van der Waals surface area contributed by atoms with Gasteiger partial charge in [0.25, 0.3) is 5.91 Å². The van der Waals surface area contributed by atoms with Gasteiger partial charge >= 0.3 is 0 Å². The van der Waals surface area contributed by atoms with Gasteiger partial charge in [-0.15, -0.1) is 0 Å². The second kappa shape index (κ2) is 7.53. The zero-order valence-electron chi connectivity index (χ0n) is 14.5. The molecule has 0 saturated heterocycles. The maximum Gasteiger partial charge on any atom is 0.279 e. The fourth-order valence-electron chi connectivity index (χ4n) is 2.66. The molecule has 130 valence electrons. The molecule has 3 rings (SSSR count). The Balaban J connectivity index is 2.12. The monoisotopic (exact) mass is 356 g/mol. The number of aromatic nitrogens is 1. The number of aryl methyl sites for hydroxylation is 1. The normalized spacial score (nSPS) is 11.7. The minimum atomic E-state index is -0.286. The summed E-state index contributed by atoms with van der Waals surface area (Å²) in [5.41, 5.74) is 1.48. The van der Waals surface area contributed by atoms with Crippen LogP contribution in [0.3, 0.4) is 0 Å². The summed E-state index contributed by atoms with van der Waals surface area (Å²) < 4.78 is 14.0. The number of methoxy groups -OCH3 is 1. The molecule has 3 aromatic rings. The topological polar surface area (TPSA) is 52.8 Å². The van der Waals surface area contributed by atoms with Crippen molar-refractivity contribution in [3.8, 4) is 11.5 Å². The molecule has 5 nitrogen and oxygen atoms in total. The van der Waals surface area contributed by atoms with Crippen molar-refractivity contribution in [2.75, 3.05) is 13.7 Å². The van der Waals surface area contributed by atoms with Crippen LogP contribution >= 0.6 is 11.3 Å². The first kappa shape index (κ1) is 17.2. The van der Waals surface area contributed by atoms with Gasteiger partial charge < -0.3 is 14.0 Å². The van der Waals surface area contributed by atoms with Crippen molar-refractivity contribution in [2.24, 2.45) is 4.99 Å². The number of fused-ring (bicyclic) bond motifs is 1. The molecule has 0 N–H and O–H groups in total. The number of hydrogen-bond acceptors (Lipinski definition) is 4. The van der Waals surface area contributed by atoms with Crippen LogP contribution in [0.25, 0.3) is 10.2 Å². The van der Waals surface area contributed by atoms with Crippen molar-refractivity contribution >= 4 is 27.5 Å². The Bertz CT molecular complexity index is 972. The molecule has 0 aliphatic carbocycles. The van der Waals surface area contributed by atoms with E-state index >= 15 is 0 Å². The molecule has 2 aromatic carbocycles. The first-order valence-electron chi connectivity index (χ1n) is 8.16. The second-order valence-electron chi connectivity index (χ2n) is 5.31. The summed E-state index contributed by atoms with van der Waals surface area (Å²) in [7, 11) is 1.58. The van der Waals surface area contributed by atoms with Crippen LogP contribution in [0.4, 0.5) is 0 Å². The average molecular weight is 356 g/mol. The van der Waals surface area contributed by atoms with E-state index in [2.05, 4.69) is 4.99 Å². The van der Waals surface area contributed by atoms with Crippen LogP contribution in [-0.2, 0) is 6.54 Å². The third-order valence-corrected chi connectivity index (χ3v) is 4.84. The molecule has 0 unspecified atom stereocenters. The third kappa shape index (κ3) is 3.44. The summed E-state index contributed by atoms with van der Waals surface area (Å²) in [6, 6.07) is 12.9. The summed E-state index contributed by atoms with van der Waals surface area (Å²) in [5, 5.41) is 0. The van der Waals surface area contributed by atoms with Crippen LogP contribution in [0.1, 0.15) is 24.2 Å². The van der Waals surface area contributed by atoms with E-state index in [1.165, 1.54) is 11.3 Å². The molecular formula is C19H20N2O3S. The first-order chi connectivity index (χ1) is 12.2. The second-order valence-corrected chi connectivity index (χ2v) is 6.32. The molecule has 0 saturated carbocycles. The highest BCUT2D eigenvalue weighted by Gasteiger charge is 2.12. The Kier molecular flexibility index (Phi) is 5.19. The highest BCUT2D eigenvalue weighted by atomic mass is 32.1. The predicted octanol–water partition coefficient (Wildman–Crippen LogP) is 3.87. The van der Waals surface area contributed by atoms with Crippen molar-refractivity contribution in [3.05, 3.63) is 52.8 Å². The van der Waals surface area contributed by atoms with E-state index < -0.39 is 0 Å². The van der Waals surface area contributed by atoms with Crippen LogP contribution in [0, 0.1) is 0 Å². The van der Waals surface area contributed by atoms with Crippen molar-refractivity contribution in [2.45, 2.75) is 20.4 Å². The molecule has 1 heterocycles. The smallest absolute Gasteiger partial charge is 0.279 e. The lowest BCUT2D eigenvalue weighted by molar-refractivity contribution is 0.0997. The molecule has 0 spiro atoms. The van der Waals surface area contributed by atoms with Crippen LogP contribution in [-0.4, -0.2) is 24.2 Å². The number of amides is 1. The Morgan fingerprint density at radius 3 is 2.72 bits per heavy atom. The number of carbonyl (C=O) groups is 1. The highest BCUT2D eigenvalue weighted by molar-refractivity contribution is 7.16. The van der Waals surface area contributed by atoms with E-state index in [4.69, 9.17) is 9.47 Å². The van der Waals surface area contributed by atoms with Crippen molar-refractivity contribution in [3.63, 3.8) is 0 Å². The van der Waals surface area contributed by atoms with Gasteiger partial charge in [-0.25, -0.2) is 0 Å². The van der Waals surface area contributed by atoms with Crippen LogP contribution in [0.5, 0.6) is 11.5 Å². The number of thiazole rings is 1. The molecule has 0 atom stereocenters. The molecule has 0 radical (unpaired) electrons. The van der Waals surface area contributed by atoms with Crippen LogP contribution in [0.15, 0.2) is 47.5 Å². The highest BCUT2D eigenvalue weighted by Crippen LogP contribution is 2.27. The Morgan fingerprint density at radius 1 is 1.20 bits per heavy atom. The van der Waals surface area contributed by atoms with Gasteiger partial charge in [-0.2, -0.15) is 4.99 Å². The van der Waals surface area contributed by atoms with Gasteiger partial charge in [0.2, 0.25) is 0 Å². The van der Waals surface area contributed by atoms with E-state index in [1.807, 2.05) is 36.6 Å². The van der Waals surface area contributed by atoms with Gasteiger partial charge in [0.05, 0.1) is 18.4 Å². The lowest BCUT2D eigenvalue weighted by Crippen LogP contribution is -2.16. The summed E-state index contributed by atoms with van der Waals surface area (Å²) in [5.74, 6) is 1.17. The van der Waals surface area contributed by atoms with E-state index in [-0.39, 0.29) is 5.91 Å². The van der Waals surface area contributed by atoms with Gasteiger partial charge in [0.1, 0.15) is 17.0 Å². The lowest BCUT2D eigenvalue weighted by atomic mass is 10.2. The molecule has 1 aromatic heterocycles. The summed E-state index contributed by atoms with van der Waals surface area (Å²) in [6.45, 7) is 5.28. The van der Waals surface area contributed by atoms with E-state index in [0.717, 1.165) is 16.0 Å². The van der Waals surface area contributed by atoms with Gasteiger partial charge in [0, 0.05) is 12.1 Å².